The molecule has 0 atom stereocenters. The highest BCUT2D eigenvalue weighted by molar-refractivity contribution is 5.84. The fraction of sp³-hybridized carbons (Fsp3) is 0.308. The van der Waals surface area contributed by atoms with E-state index in [1.54, 1.807) is 0 Å². The second-order valence-electron chi connectivity index (χ2n) is 8.80. The number of aromatic nitrogens is 3. The molecule has 0 aliphatic carbocycles. The number of nitrogens with zero attached hydrogens (tertiary/aromatic N) is 6. The van der Waals surface area contributed by atoms with Gasteiger partial charge in [-0.25, -0.2) is 9.97 Å². The van der Waals surface area contributed by atoms with Crippen LogP contribution in [0.2, 0.25) is 0 Å². The lowest BCUT2D eigenvalue weighted by atomic mass is 10.1. The van der Waals surface area contributed by atoms with Crippen molar-refractivity contribution in [2.45, 2.75) is 13.5 Å². The molecule has 0 amide bonds. The minimum absolute atomic E-state index is 0.758. The van der Waals surface area contributed by atoms with Crippen LogP contribution >= 0.6 is 0 Å². The largest absolute Gasteiger partial charge is 0.354 e. The van der Waals surface area contributed by atoms with Gasteiger partial charge < -0.3 is 19.3 Å². The molecule has 164 valence electrons. The Hall–Kier alpha value is -3.38. The number of piperazine rings is 1. The molecule has 1 saturated heterocycles. The Morgan fingerprint density at radius 3 is 2.50 bits per heavy atom. The molecule has 0 bridgehead atoms. The maximum atomic E-state index is 5.03. The van der Waals surface area contributed by atoms with Crippen molar-refractivity contribution >= 4 is 22.4 Å². The minimum atomic E-state index is 0.758. The van der Waals surface area contributed by atoms with Crippen LogP contribution in [0.15, 0.2) is 72.7 Å². The second kappa shape index (κ2) is 8.28. The highest BCUT2D eigenvalue weighted by Crippen LogP contribution is 2.31. The van der Waals surface area contributed by atoms with E-state index in [0.29, 0.717) is 0 Å². The summed E-state index contributed by atoms with van der Waals surface area (Å²) >= 11 is 0. The van der Waals surface area contributed by atoms with E-state index in [9.17, 15) is 0 Å². The zero-order valence-corrected chi connectivity index (χ0v) is 19.1. The Labute approximate surface area is 189 Å². The Morgan fingerprint density at radius 2 is 1.78 bits per heavy atom. The van der Waals surface area contributed by atoms with Gasteiger partial charge in [-0.3, -0.25) is 0 Å². The van der Waals surface area contributed by atoms with E-state index in [1.807, 2.05) is 13.2 Å². The molecule has 6 nitrogen and oxygen atoms in total. The van der Waals surface area contributed by atoms with Gasteiger partial charge in [0.2, 0.25) is 0 Å². The smallest absolute Gasteiger partial charge is 0.143 e. The third-order valence-electron chi connectivity index (χ3n) is 6.47. The average molecular weight is 427 g/mol. The highest BCUT2D eigenvalue weighted by Gasteiger charge is 2.21. The van der Waals surface area contributed by atoms with Crippen LogP contribution in [0.1, 0.15) is 18.3 Å². The number of anilines is 1. The van der Waals surface area contributed by atoms with E-state index in [4.69, 9.17) is 9.97 Å². The van der Waals surface area contributed by atoms with Gasteiger partial charge >= 0.3 is 0 Å². The summed E-state index contributed by atoms with van der Waals surface area (Å²) in [5.74, 6) is 1.99. The summed E-state index contributed by atoms with van der Waals surface area (Å²) in [5, 5.41) is 0. The quantitative estimate of drug-likeness (QED) is 0.631. The van der Waals surface area contributed by atoms with Crippen molar-refractivity contribution in [2.75, 3.05) is 45.2 Å². The van der Waals surface area contributed by atoms with Crippen molar-refractivity contribution < 1.29 is 0 Å². The first-order valence-corrected chi connectivity index (χ1v) is 11.2. The molecule has 3 aromatic rings. The number of fused-ring (bicyclic) bond motifs is 1. The topological polar surface area (TPSA) is 40.4 Å². The Morgan fingerprint density at radius 1 is 1.03 bits per heavy atom. The summed E-state index contributed by atoms with van der Waals surface area (Å²) in [4.78, 5) is 16.6. The van der Waals surface area contributed by atoms with Crippen molar-refractivity contribution in [2.24, 2.45) is 0 Å². The van der Waals surface area contributed by atoms with E-state index in [-0.39, 0.29) is 0 Å². The lowest BCUT2D eigenvalue weighted by Gasteiger charge is -2.33. The van der Waals surface area contributed by atoms with Gasteiger partial charge in [0.25, 0.3) is 0 Å². The first-order valence-electron chi connectivity index (χ1n) is 11.2. The lowest BCUT2D eigenvalue weighted by Crippen LogP contribution is -2.44. The number of hydrogen-bond donors (Lipinski definition) is 0. The maximum Gasteiger partial charge on any atom is 0.143 e. The maximum absolute atomic E-state index is 5.03. The van der Waals surface area contributed by atoms with Crippen LogP contribution in [-0.4, -0.2) is 64.6 Å². The zero-order chi connectivity index (χ0) is 22.2. The van der Waals surface area contributed by atoms with E-state index in [0.717, 1.165) is 72.2 Å². The molecule has 0 N–H and O–H groups in total. The first kappa shape index (κ1) is 20.5. The van der Waals surface area contributed by atoms with Gasteiger partial charge in [0.05, 0.1) is 11.7 Å². The predicted octanol–water partition coefficient (Wildman–Crippen LogP) is 3.98. The van der Waals surface area contributed by atoms with E-state index in [2.05, 4.69) is 88.5 Å². The third-order valence-corrected chi connectivity index (χ3v) is 6.47. The van der Waals surface area contributed by atoms with Crippen LogP contribution in [0.25, 0.3) is 16.6 Å². The van der Waals surface area contributed by atoms with Gasteiger partial charge in [-0.05, 0) is 31.2 Å². The molecule has 0 saturated carbocycles. The highest BCUT2D eigenvalue weighted by atomic mass is 15.3. The van der Waals surface area contributed by atoms with E-state index >= 15 is 0 Å². The Bertz CT molecular complexity index is 1210. The number of allylic oxidation sites excluding steroid dienone is 3. The van der Waals surface area contributed by atoms with Crippen molar-refractivity contribution in [3.63, 3.8) is 0 Å². The van der Waals surface area contributed by atoms with Crippen LogP contribution in [0.5, 0.6) is 0 Å². The number of imidazole rings is 1. The summed E-state index contributed by atoms with van der Waals surface area (Å²) in [6.07, 6.45) is 6.23. The van der Waals surface area contributed by atoms with Gasteiger partial charge in [-0.2, -0.15) is 0 Å². The zero-order valence-electron chi connectivity index (χ0n) is 19.1. The van der Waals surface area contributed by atoms with Crippen molar-refractivity contribution in [3.8, 4) is 0 Å². The molecule has 1 aromatic carbocycles. The van der Waals surface area contributed by atoms with Gasteiger partial charge in [0, 0.05) is 63.3 Å². The molecule has 5 rings (SSSR count). The van der Waals surface area contributed by atoms with Crippen molar-refractivity contribution in [1.29, 1.82) is 0 Å². The normalized spacial score (nSPS) is 17.7. The van der Waals surface area contributed by atoms with Gasteiger partial charge in [0.1, 0.15) is 17.2 Å². The van der Waals surface area contributed by atoms with Crippen LogP contribution in [0.3, 0.4) is 0 Å². The number of rotatable bonds is 4. The predicted molar refractivity (Wildman–Crippen MR) is 131 cm³/mol. The number of hydrogen-bond acceptors (Lipinski definition) is 5. The van der Waals surface area contributed by atoms with Crippen LogP contribution in [0.4, 0.5) is 5.82 Å². The van der Waals surface area contributed by atoms with E-state index < -0.39 is 0 Å². The monoisotopic (exact) mass is 426 g/mol. The summed E-state index contributed by atoms with van der Waals surface area (Å²) in [7, 11) is 4.21. The molecule has 32 heavy (non-hydrogen) atoms. The SMILES string of the molecule is C=C1C(C)=CC(c2nc3cnc(N4CCN(C)CC4)cc3n2Cc2ccccc2)=CN1C. The summed E-state index contributed by atoms with van der Waals surface area (Å²) < 4.78 is 2.32. The lowest BCUT2D eigenvalue weighted by molar-refractivity contribution is 0.312. The van der Waals surface area contributed by atoms with Crippen molar-refractivity contribution in [3.05, 3.63) is 84.1 Å². The number of likely N-dealkylation sites (N-methyl/N-ethyl adjacent to an activating group) is 2. The molecular weight excluding hydrogens is 396 g/mol. The molecule has 4 heterocycles. The molecule has 0 unspecified atom stereocenters. The van der Waals surface area contributed by atoms with Gasteiger partial charge in [-0.1, -0.05) is 36.9 Å². The van der Waals surface area contributed by atoms with Crippen LogP contribution in [0, 0.1) is 0 Å². The second-order valence-corrected chi connectivity index (χ2v) is 8.80. The Balaban J connectivity index is 1.62. The molecule has 2 aromatic heterocycles. The van der Waals surface area contributed by atoms with Gasteiger partial charge in [-0.15, -0.1) is 0 Å². The van der Waals surface area contributed by atoms with Crippen molar-refractivity contribution in [1.82, 2.24) is 24.3 Å². The summed E-state index contributed by atoms with van der Waals surface area (Å²) in [5.41, 5.74) is 6.55. The molecular formula is C26H30N6. The number of pyridine rings is 1. The average Bonchev–Trinajstić information content (AvgIpc) is 3.16. The van der Waals surface area contributed by atoms with Crippen LogP contribution < -0.4 is 4.90 Å². The fourth-order valence-corrected chi connectivity index (χ4v) is 4.41. The first-order chi connectivity index (χ1) is 15.5. The fourth-order valence-electron chi connectivity index (χ4n) is 4.41. The molecule has 2 aliphatic heterocycles. The molecule has 0 spiro atoms. The minimum Gasteiger partial charge on any atom is -0.354 e. The van der Waals surface area contributed by atoms with E-state index in [1.165, 1.54) is 5.56 Å². The summed E-state index contributed by atoms with van der Waals surface area (Å²) in [6.45, 7) is 11.1. The molecule has 2 aliphatic rings. The third kappa shape index (κ3) is 3.82. The number of benzene rings is 1. The molecule has 0 radical (unpaired) electrons. The molecule has 1 fully saturated rings. The standard InChI is InChI=1S/C26H30N6/c1-19-14-22(18-30(4)20(19)2)26-28-23-16-27-25(31-12-10-29(3)11-13-31)15-24(23)32(26)17-21-8-6-5-7-9-21/h5-9,14-16,18H,2,10-13,17H2,1,3-4H3. The Kier molecular flexibility index (Phi) is 5.31. The molecule has 6 heteroatoms. The van der Waals surface area contributed by atoms with Crippen LogP contribution in [-0.2, 0) is 6.54 Å². The van der Waals surface area contributed by atoms with Gasteiger partial charge in [0.15, 0.2) is 0 Å². The summed E-state index contributed by atoms with van der Waals surface area (Å²) in [6, 6.07) is 12.8.